The number of nitrogens with zero attached hydrogens (tertiary/aromatic N) is 4. The van der Waals surface area contributed by atoms with Crippen LogP contribution < -0.4 is 5.32 Å². The Morgan fingerprint density at radius 2 is 1.88 bits per heavy atom. The van der Waals surface area contributed by atoms with Crippen LogP contribution in [0.3, 0.4) is 0 Å². The maximum Gasteiger partial charge on any atom is 0.117 e. The van der Waals surface area contributed by atoms with Crippen LogP contribution in [-0.2, 0) is 0 Å². The Bertz CT molecular complexity index is 1610. The molecule has 0 atom stereocenters. The summed E-state index contributed by atoms with van der Waals surface area (Å²) < 4.78 is 0. The van der Waals surface area contributed by atoms with E-state index in [1.54, 1.807) is 6.20 Å². The van der Waals surface area contributed by atoms with Crippen molar-refractivity contribution in [2.45, 2.75) is 13.8 Å². The quantitative estimate of drug-likeness (QED) is 0.323. The number of aromatic nitrogens is 4. The predicted molar refractivity (Wildman–Crippen MR) is 137 cm³/mol. The molecule has 0 spiro atoms. The fraction of sp³-hybridized carbons (Fsp3) is 0.0714. The van der Waals surface area contributed by atoms with Crippen LogP contribution in [0.25, 0.3) is 33.4 Å². The third-order valence-corrected chi connectivity index (χ3v) is 5.88. The number of anilines is 1. The van der Waals surface area contributed by atoms with Gasteiger partial charge in [0.05, 0.1) is 34.7 Å². The van der Waals surface area contributed by atoms with E-state index in [9.17, 15) is 0 Å². The van der Waals surface area contributed by atoms with Gasteiger partial charge in [-0.1, -0.05) is 29.8 Å². The van der Waals surface area contributed by atoms with Crippen molar-refractivity contribution in [1.29, 1.82) is 0 Å². The molecule has 5 aromatic rings. The molecule has 0 radical (unpaired) electrons. The number of hydrogen-bond donors (Lipinski definition) is 2. The van der Waals surface area contributed by atoms with Crippen LogP contribution in [0, 0.1) is 6.92 Å². The minimum atomic E-state index is 0.861. The van der Waals surface area contributed by atoms with Crippen molar-refractivity contribution >= 4 is 28.0 Å². The Hall–Kier alpha value is -4.58. The first-order valence-electron chi connectivity index (χ1n) is 11.2. The first-order chi connectivity index (χ1) is 16.7. The number of aryl methyl sites for hydroxylation is 1. The van der Waals surface area contributed by atoms with E-state index in [2.05, 4.69) is 57.5 Å². The monoisotopic (exact) mass is 442 g/mol. The SMILES string of the molecule is C/C=C\Nc1cncc(-c2ccc3c(n2)C(c2cc4c(-c5cccc(C)c5)nccc4[nH]2)=N3)c1. The molecule has 6 rings (SSSR count). The molecule has 0 saturated heterocycles. The fourth-order valence-electron chi connectivity index (χ4n) is 4.23. The van der Waals surface area contributed by atoms with Gasteiger partial charge >= 0.3 is 0 Å². The summed E-state index contributed by atoms with van der Waals surface area (Å²) in [7, 11) is 0. The molecule has 5 heterocycles. The highest BCUT2D eigenvalue weighted by molar-refractivity contribution is 6.21. The molecule has 0 fully saturated rings. The molecule has 0 aliphatic carbocycles. The van der Waals surface area contributed by atoms with Gasteiger partial charge in [-0.15, -0.1) is 0 Å². The summed E-state index contributed by atoms with van der Waals surface area (Å²) >= 11 is 0. The Morgan fingerprint density at radius 1 is 0.941 bits per heavy atom. The van der Waals surface area contributed by atoms with Crippen molar-refractivity contribution in [3.05, 3.63) is 102 Å². The molecule has 34 heavy (non-hydrogen) atoms. The molecule has 2 N–H and O–H groups in total. The Labute approximate surface area is 197 Å². The lowest BCUT2D eigenvalue weighted by molar-refractivity contribution is 1.20. The topological polar surface area (TPSA) is 78.9 Å². The molecule has 164 valence electrons. The van der Waals surface area contributed by atoms with Crippen molar-refractivity contribution in [2.24, 2.45) is 4.99 Å². The number of rotatable bonds is 5. The maximum atomic E-state index is 4.92. The zero-order valence-corrected chi connectivity index (χ0v) is 18.9. The summed E-state index contributed by atoms with van der Waals surface area (Å²) in [6, 6.07) is 18.6. The lowest BCUT2D eigenvalue weighted by Gasteiger charge is -2.17. The Balaban J connectivity index is 1.36. The fourth-order valence-corrected chi connectivity index (χ4v) is 4.23. The molecule has 0 bridgehead atoms. The van der Waals surface area contributed by atoms with Crippen LogP contribution in [0.15, 0.2) is 90.5 Å². The van der Waals surface area contributed by atoms with E-state index in [0.29, 0.717) is 0 Å². The second kappa shape index (κ2) is 8.08. The third kappa shape index (κ3) is 3.46. The third-order valence-electron chi connectivity index (χ3n) is 5.88. The van der Waals surface area contributed by atoms with Gasteiger partial charge < -0.3 is 10.3 Å². The smallest absolute Gasteiger partial charge is 0.117 e. The van der Waals surface area contributed by atoms with Gasteiger partial charge in [0.2, 0.25) is 0 Å². The maximum absolute atomic E-state index is 4.92. The Morgan fingerprint density at radius 3 is 2.76 bits per heavy atom. The van der Waals surface area contributed by atoms with E-state index >= 15 is 0 Å². The summed E-state index contributed by atoms with van der Waals surface area (Å²) in [5.74, 6) is 0. The number of fused-ring (bicyclic) bond motifs is 2. The number of H-pyrrole nitrogens is 1. The predicted octanol–water partition coefficient (Wildman–Crippen LogP) is 6.42. The normalized spacial score (nSPS) is 12.5. The highest BCUT2D eigenvalue weighted by Crippen LogP contribution is 2.35. The number of aliphatic imine (C=N–C) groups is 1. The molecule has 6 heteroatoms. The second-order valence-electron chi connectivity index (χ2n) is 8.30. The first kappa shape index (κ1) is 20.1. The van der Waals surface area contributed by atoms with Crippen molar-refractivity contribution in [2.75, 3.05) is 5.32 Å². The number of benzene rings is 1. The van der Waals surface area contributed by atoms with E-state index in [4.69, 9.17) is 9.98 Å². The van der Waals surface area contributed by atoms with E-state index in [0.717, 1.165) is 61.9 Å². The molecule has 0 unspecified atom stereocenters. The zero-order chi connectivity index (χ0) is 23.1. The van der Waals surface area contributed by atoms with Crippen LogP contribution in [0.4, 0.5) is 11.4 Å². The van der Waals surface area contributed by atoms with Gasteiger partial charge in [-0.2, -0.15) is 0 Å². The highest BCUT2D eigenvalue weighted by atomic mass is 14.9. The summed E-state index contributed by atoms with van der Waals surface area (Å²) in [6.45, 7) is 4.06. The second-order valence-corrected chi connectivity index (χ2v) is 8.30. The number of nitrogens with one attached hydrogen (secondary N) is 2. The van der Waals surface area contributed by atoms with Gasteiger partial charge in [-0.25, -0.2) is 9.98 Å². The molecular formula is C28H22N6. The number of hydrogen-bond acceptors (Lipinski definition) is 5. The molecule has 4 aromatic heterocycles. The summed E-state index contributed by atoms with van der Waals surface area (Å²) in [5, 5.41) is 4.28. The molecule has 0 saturated carbocycles. The van der Waals surface area contributed by atoms with Crippen LogP contribution in [-0.4, -0.2) is 25.6 Å². The number of aromatic amines is 1. The minimum Gasteiger partial charge on any atom is -0.361 e. The van der Waals surface area contributed by atoms with E-state index in [-0.39, 0.29) is 0 Å². The van der Waals surface area contributed by atoms with Crippen molar-refractivity contribution in [3.8, 4) is 22.5 Å². The summed E-state index contributed by atoms with van der Waals surface area (Å²) in [5.41, 5.74) is 10.6. The van der Waals surface area contributed by atoms with Crippen LogP contribution in [0.2, 0.25) is 0 Å². The van der Waals surface area contributed by atoms with Crippen molar-refractivity contribution in [1.82, 2.24) is 19.9 Å². The molecule has 0 amide bonds. The molecule has 1 aliphatic heterocycles. The van der Waals surface area contributed by atoms with Gasteiger partial charge in [0.1, 0.15) is 11.4 Å². The highest BCUT2D eigenvalue weighted by Gasteiger charge is 2.25. The van der Waals surface area contributed by atoms with E-state index in [1.165, 1.54) is 5.56 Å². The molecule has 1 aromatic carbocycles. The van der Waals surface area contributed by atoms with Crippen LogP contribution in [0.1, 0.15) is 23.9 Å². The lowest BCUT2D eigenvalue weighted by atomic mass is 10.0. The average molecular weight is 443 g/mol. The van der Waals surface area contributed by atoms with Crippen molar-refractivity contribution < 1.29 is 0 Å². The average Bonchev–Trinajstić information content (AvgIpc) is 3.27. The van der Waals surface area contributed by atoms with Gasteiger partial charge in [0.25, 0.3) is 0 Å². The molecular weight excluding hydrogens is 420 g/mol. The van der Waals surface area contributed by atoms with Gasteiger partial charge in [-0.3, -0.25) is 9.97 Å². The minimum absolute atomic E-state index is 0.861. The standard InChI is InChI=1S/C28H22N6/c1-3-10-30-20-13-19(15-29-16-20)22-7-8-24-27(33-22)28(34-24)25-14-21-23(32-25)9-11-31-26(21)18-6-4-5-17(2)12-18/h3-16,30,32H,1-2H3/b10-3-. The van der Waals surface area contributed by atoms with Crippen molar-refractivity contribution in [3.63, 3.8) is 0 Å². The zero-order valence-electron chi connectivity index (χ0n) is 18.9. The van der Waals surface area contributed by atoms with E-state index in [1.807, 2.05) is 55.9 Å². The van der Waals surface area contributed by atoms with Crippen LogP contribution >= 0.6 is 0 Å². The Kier molecular flexibility index (Phi) is 4.77. The number of pyridine rings is 3. The first-order valence-corrected chi connectivity index (χ1v) is 11.2. The van der Waals surface area contributed by atoms with Gasteiger partial charge in [-0.05, 0) is 56.4 Å². The van der Waals surface area contributed by atoms with Gasteiger partial charge in [0, 0.05) is 34.4 Å². The summed E-state index contributed by atoms with van der Waals surface area (Å²) in [6.07, 6.45) is 9.29. The summed E-state index contributed by atoms with van der Waals surface area (Å²) in [4.78, 5) is 22.2. The lowest BCUT2D eigenvalue weighted by Crippen LogP contribution is -2.14. The molecule has 1 aliphatic rings. The van der Waals surface area contributed by atoms with Gasteiger partial charge in [0.15, 0.2) is 0 Å². The van der Waals surface area contributed by atoms with E-state index < -0.39 is 0 Å². The largest absolute Gasteiger partial charge is 0.361 e. The molecule has 6 nitrogen and oxygen atoms in total. The van der Waals surface area contributed by atoms with Crippen LogP contribution in [0.5, 0.6) is 0 Å². The number of allylic oxidation sites excluding steroid dienone is 1.